The molecule has 0 spiro atoms. The van der Waals surface area contributed by atoms with E-state index in [9.17, 15) is 0 Å². The molecule has 19 heavy (non-hydrogen) atoms. The highest BCUT2D eigenvalue weighted by Crippen LogP contribution is 1.96. The van der Waals surface area contributed by atoms with E-state index >= 15 is 0 Å². The van der Waals surface area contributed by atoms with Gasteiger partial charge >= 0.3 is 7.12 Å². The molecule has 0 saturated heterocycles. The molecule has 0 aliphatic heterocycles. The Hall–Kier alpha value is -1.14. The van der Waals surface area contributed by atoms with Crippen molar-refractivity contribution in [2.45, 2.75) is 19.9 Å². The van der Waals surface area contributed by atoms with Gasteiger partial charge in [-0.05, 0) is 44.5 Å². The number of rotatable bonds is 7. The summed E-state index contributed by atoms with van der Waals surface area (Å²) < 4.78 is 0. The first kappa shape index (κ1) is 17.9. The van der Waals surface area contributed by atoms with Gasteiger partial charge in [-0.2, -0.15) is 0 Å². The molecule has 106 valence electrons. The molecular weight excluding hydrogens is 239 g/mol. The fraction of sp³-hybridized carbons (Fsp3) is 0.429. The van der Waals surface area contributed by atoms with E-state index in [1.165, 1.54) is 0 Å². The molecule has 0 heterocycles. The summed E-state index contributed by atoms with van der Waals surface area (Å²) >= 11 is 0. The van der Waals surface area contributed by atoms with Crippen LogP contribution in [-0.2, 0) is 6.54 Å². The molecule has 0 atom stereocenters. The predicted octanol–water partition coefficient (Wildman–Crippen LogP) is 0.258. The van der Waals surface area contributed by atoms with E-state index in [-0.39, 0.29) is 0 Å². The first-order valence-corrected chi connectivity index (χ1v) is 6.53. The highest BCUT2D eigenvalue weighted by molar-refractivity contribution is 6.58. The van der Waals surface area contributed by atoms with Crippen LogP contribution in [0.3, 0.4) is 0 Å². The maximum absolute atomic E-state index is 8.92. The Morgan fingerprint density at radius 2 is 1.79 bits per heavy atom. The Bertz CT molecular complexity index is 329. The lowest BCUT2D eigenvalue weighted by Gasteiger charge is -2.05. The van der Waals surface area contributed by atoms with Crippen molar-refractivity contribution in [3.05, 3.63) is 42.5 Å². The van der Waals surface area contributed by atoms with E-state index in [2.05, 4.69) is 17.2 Å². The van der Waals surface area contributed by atoms with Crippen LogP contribution in [-0.4, -0.2) is 37.3 Å². The van der Waals surface area contributed by atoms with Gasteiger partial charge in [0.1, 0.15) is 0 Å². The maximum atomic E-state index is 8.92. The molecule has 5 heteroatoms. The number of benzene rings is 1. The van der Waals surface area contributed by atoms with Crippen molar-refractivity contribution in [1.82, 2.24) is 10.6 Å². The molecule has 0 bridgehead atoms. The van der Waals surface area contributed by atoms with Gasteiger partial charge in [-0.1, -0.05) is 30.3 Å². The van der Waals surface area contributed by atoms with Crippen molar-refractivity contribution >= 4 is 12.6 Å². The van der Waals surface area contributed by atoms with E-state index in [1.54, 1.807) is 18.2 Å². The zero-order chi connectivity index (χ0) is 14.5. The Morgan fingerprint density at radius 1 is 1.21 bits per heavy atom. The Morgan fingerprint density at radius 3 is 2.26 bits per heavy atom. The Balaban J connectivity index is 0.000000982. The average Bonchev–Trinajstić information content (AvgIpc) is 2.40. The van der Waals surface area contributed by atoms with Crippen LogP contribution in [0, 0.1) is 0 Å². The first-order valence-electron chi connectivity index (χ1n) is 6.53. The van der Waals surface area contributed by atoms with Crippen molar-refractivity contribution in [3.8, 4) is 0 Å². The molecule has 4 nitrogen and oxygen atoms in total. The standard InChI is InChI=1S/C11H19BN2O2.C3H6/c1-13-7-2-8-14-9-10-3-5-11(6-4-10)12(15)16;1-3-2/h3-6,13-16H,2,7-9H2,1H3;3H,1H2,2H3. The van der Waals surface area contributed by atoms with Gasteiger partial charge in [-0.3, -0.25) is 0 Å². The summed E-state index contributed by atoms with van der Waals surface area (Å²) in [6.45, 7) is 8.05. The lowest BCUT2D eigenvalue weighted by atomic mass is 9.80. The molecule has 0 aliphatic carbocycles. The second-order valence-electron chi connectivity index (χ2n) is 4.16. The van der Waals surface area contributed by atoms with Crippen molar-refractivity contribution in [3.63, 3.8) is 0 Å². The molecule has 0 aromatic heterocycles. The summed E-state index contributed by atoms with van der Waals surface area (Å²) in [5, 5.41) is 24.3. The third kappa shape index (κ3) is 9.44. The number of allylic oxidation sites excluding steroid dienone is 1. The molecule has 0 aliphatic rings. The van der Waals surface area contributed by atoms with E-state index < -0.39 is 7.12 Å². The topological polar surface area (TPSA) is 64.5 Å². The lowest BCUT2D eigenvalue weighted by molar-refractivity contribution is 0.426. The summed E-state index contributed by atoms with van der Waals surface area (Å²) in [6.07, 6.45) is 2.85. The second-order valence-corrected chi connectivity index (χ2v) is 4.16. The van der Waals surface area contributed by atoms with Gasteiger partial charge in [-0.15, -0.1) is 6.58 Å². The number of nitrogens with one attached hydrogen (secondary N) is 2. The normalized spacial score (nSPS) is 9.47. The minimum absolute atomic E-state index is 0.527. The lowest BCUT2D eigenvalue weighted by Crippen LogP contribution is -2.29. The smallest absolute Gasteiger partial charge is 0.423 e. The summed E-state index contributed by atoms with van der Waals surface area (Å²) in [4.78, 5) is 0. The number of hydrogen-bond donors (Lipinski definition) is 4. The van der Waals surface area contributed by atoms with Crippen LogP contribution >= 0.6 is 0 Å². The maximum Gasteiger partial charge on any atom is 0.488 e. The minimum atomic E-state index is -1.38. The molecule has 4 N–H and O–H groups in total. The molecular formula is C14H25BN2O2. The molecule has 0 fully saturated rings. The van der Waals surface area contributed by atoms with Gasteiger partial charge in [0.2, 0.25) is 0 Å². The number of hydrogen-bond acceptors (Lipinski definition) is 4. The monoisotopic (exact) mass is 264 g/mol. The first-order chi connectivity index (χ1) is 9.15. The van der Waals surface area contributed by atoms with E-state index in [1.807, 2.05) is 26.1 Å². The van der Waals surface area contributed by atoms with Crippen LogP contribution in [0.2, 0.25) is 0 Å². The molecule has 1 rings (SSSR count). The van der Waals surface area contributed by atoms with Crippen molar-refractivity contribution in [1.29, 1.82) is 0 Å². The molecule has 0 unspecified atom stereocenters. The largest absolute Gasteiger partial charge is 0.488 e. The summed E-state index contributed by atoms with van der Waals surface area (Å²) in [6, 6.07) is 7.27. The van der Waals surface area contributed by atoms with Crippen molar-refractivity contribution in [2.75, 3.05) is 20.1 Å². The van der Waals surface area contributed by atoms with Gasteiger partial charge in [0.15, 0.2) is 0 Å². The molecule has 1 aromatic rings. The SMILES string of the molecule is C=CC.CNCCCNCc1ccc(B(O)O)cc1. The van der Waals surface area contributed by atoms with Gasteiger partial charge in [-0.25, -0.2) is 0 Å². The van der Waals surface area contributed by atoms with Gasteiger partial charge in [0.25, 0.3) is 0 Å². The highest BCUT2D eigenvalue weighted by atomic mass is 16.4. The third-order valence-electron chi connectivity index (χ3n) is 2.39. The molecule has 0 saturated carbocycles. The predicted molar refractivity (Wildman–Crippen MR) is 82.4 cm³/mol. The van der Waals surface area contributed by atoms with Crippen LogP contribution in [0.5, 0.6) is 0 Å². The highest BCUT2D eigenvalue weighted by Gasteiger charge is 2.09. The summed E-state index contributed by atoms with van der Waals surface area (Å²) in [5.41, 5.74) is 1.67. The van der Waals surface area contributed by atoms with Crippen molar-refractivity contribution < 1.29 is 10.0 Å². The average molecular weight is 264 g/mol. The molecule has 0 amide bonds. The zero-order valence-corrected chi connectivity index (χ0v) is 11.9. The quantitative estimate of drug-likeness (QED) is 0.324. The zero-order valence-electron chi connectivity index (χ0n) is 11.9. The van der Waals surface area contributed by atoms with E-state index in [4.69, 9.17) is 10.0 Å². The van der Waals surface area contributed by atoms with Crippen LogP contribution in [0.15, 0.2) is 36.9 Å². The molecule has 0 radical (unpaired) electrons. The van der Waals surface area contributed by atoms with Crippen molar-refractivity contribution in [2.24, 2.45) is 0 Å². The van der Waals surface area contributed by atoms with E-state index in [0.717, 1.165) is 31.6 Å². The van der Waals surface area contributed by atoms with Crippen LogP contribution in [0.25, 0.3) is 0 Å². The van der Waals surface area contributed by atoms with Gasteiger partial charge in [0.05, 0.1) is 0 Å². The fourth-order valence-electron chi connectivity index (χ4n) is 1.43. The Labute approximate surface area is 116 Å². The van der Waals surface area contributed by atoms with Gasteiger partial charge < -0.3 is 20.7 Å². The third-order valence-corrected chi connectivity index (χ3v) is 2.39. The van der Waals surface area contributed by atoms with Crippen LogP contribution in [0.1, 0.15) is 18.9 Å². The van der Waals surface area contributed by atoms with Crippen LogP contribution in [0.4, 0.5) is 0 Å². The Kier molecular flexibility index (Phi) is 11.2. The van der Waals surface area contributed by atoms with E-state index in [0.29, 0.717) is 5.46 Å². The minimum Gasteiger partial charge on any atom is -0.423 e. The molecule has 1 aromatic carbocycles. The summed E-state index contributed by atoms with van der Waals surface area (Å²) in [5.74, 6) is 0. The second kappa shape index (κ2) is 11.9. The van der Waals surface area contributed by atoms with Gasteiger partial charge in [0, 0.05) is 6.54 Å². The fourth-order valence-corrected chi connectivity index (χ4v) is 1.43. The summed E-state index contributed by atoms with van der Waals surface area (Å²) in [7, 11) is 0.566. The van der Waals surface area contributed by atoms with Crippen LogP contribution < -0.4 is 16.1 Å².